The molecular weight excluding hydrogens is 165 g/mol. The van der Waals surface area contributed by atoms with Crippen molar-refractivity contribution in [3.05, 3.63) is 35.4 Å². The molecule has 1 aromatic carbocycles. The molecule has 3 heteroatoms. The first-order valence-corrected chi connectivity index (χ1v) is 3.14. The highest BCUT2D eigenvalue weighted by Gasteiger charge is 2.29. The topological polar surface area (TPSA) is 0 Å². The predicted molar refractivity (Wildman–Crippen MR) is 42.9 cm³/mol. The van der Waals surface area contributed by atoms with Crippen LogP contribution in [0.3, 0.4) is 0 Å². The predicted octanol–water partition coefficient (Wildman–Crippen LogP) is 3.65. The first-order valence-electron chi connectivity index (χ1n) is 3.14. The molecular formula is C9H11F3. The van der Waals surface area contributed by atoms with Crippen molar-refractivity contribution in [1.29, 1.82) is 0 Å². The molecule has 0 fully saturated rings. The lowest BCUT2D eigenvalue weighted by Crippen LogP contribution is -2.04. The van der Waals surface area contributed by atoms with Crippen molar-refractivity contribution in [2.75, 3.05) is 0 Å². The maximum absolute atomic E-state index is 12.0. The lowest BCUT2D eigenvalue weighted by Gasteiger charge is -2.05. The molecule has 1 rings (SSSR count). The average molecular weight is 176 g/mol. The standard InChI is InChI=1S/C8H7F3.CH4/c1-6-3-2-4-7(5-6)8(9,10)11;/h2-5H,1H3;1H4. The molecule has 0 unspecified atom stereocenters. The van der Waals surface area contributed by atoms with Gasteiger partial charge < -0.3 is 0 Å². The Morgan fingerprint density at radius 3 is 2.08 bits per heavy atom. The average Bonchev–Trinajstić information content (AvgIpc) is 1.86. The number of alkyl halides is 3. The van der Waals surface area contributed by atoms with Crippen LogP contribution < -0.4 is 0 Å². The smallest absolute Gasteiger partial charge is 0.166 e. The molecule has 0 N–H and O–H groups in total. The van der Waals surface area contributed by atoms with Crippen LogP contribution >= 0.6 is 0 Å². The van der Waals surface area contributed by atoms with Crippen LogP contribution in [0.2, 0.25) is 0 Å². The molecule has 0 heterocycles. The van der Waals surface area contributed by atoms with Crippen molar-refractivity contribution >= 4 is 0 Å². The minimum absolute atomic E-state index is 0. The number of aryl methyl sites for hydroxylation is 1. The van der Waals surface area contributed by atoms with E-state index in [9.17, 15) is 13.2 Å². The van der Waals surface area contributed by atoms with E-state index in [4.69, 9.17) is 0 Å². The summed E-state index contributed by atoms with van der Waals surface area (Å²) < 4.78 is 35.9. The molecule has 12 heavy (non-hydrogen) atoms. The van der Waals surface area contributed by atoms with E-state index < -0.39 is 11.7 Å². The number of halogens is 3. The SMILES string of the molecule is C.Cc1cccc(C(F)(F)F)c1. The van der Waals surface area contributed by atoms with E-state index in [0.717, 1.165) is 12.1 Å². The van der Waals surface area contributed by atoms with Crippen LogP contribution in [-0.4, -0.2) is 0 Å². The molecule has 0 atom stereocenters. The van der Waals surface area contributed by atoms with Gasteiger partial charge in [0, 0.05) is 0 Å². The van der Waals surface area contributed by atoms with Gasteiger partial charge in [-0.05, 0) is 13.0 Å². The zero-order valence-electron chi connectivity index (χ0n) is 5.94. The molecule has 0 radical (unpaired) electrons. The summed E-state index contributed by atoms with van der Waals surface area (Å²) in [4.78, 5) is 0. The number of benzene rings is 1. The summed E-state index contributed by atoms with van der Waals surface area (Å²) in [6, 6.07) is 5.22. The maximum Gasteiger partial charge on any atom is 0.416 e. The van der Waals surface area contributed by atoms with Crippen LogP contribution in [0.15, 0.2) is 24.3 Å². The first-order chi connectivity index (χ1) is 5.00. The second-order valence-electron chi connectivity index (χ2n) is 2.37. The Morgan fingerprint density at radius 2 is 1.75 bits per heavy atom. The Labute approximate surface area is 70.0 Å². The van der Waals surface area contributed by atoms with E-state index in [-0.39, 0.29) is 7.43 Å². The molecule has 0 nitrogen and oxygen atoms in total. The van der Waals surface area contributed by atoms with Gasteiger partial charge in [0.05, 0.1) is 5.56 Å². The second kappa shape index (κ2) is 3.61. The molecule has 0 aliphatic carbocycles. The molecule has 0 aliphatic rings. The number of hydrogen-bond donors (Lipinski definition) is 0. The minimum atomic E-state index is -4.22. The van der Waals surface area contributed by atoms with Crippen molar-refractivity contribution in [2.24, 2.45) is 0 Å². The van der Waals surface area contributed by atoms with E-state index >= 15 is 0 Å². The Hall–Kier alpha value is -0.990. The Balaban J connectivity index is 0.00000121. The van der Waals surface area contributed by atoms with Crippen LogP contribution in [0.4, 0.5) is 13.2 Å². The van der Waals surface area contributed by atoms with Crippen LogP contribution in [0.25, 0.3) is 0 Å². The van der Waals surface area contributed by atoms with Crippen LogP contribution in [-0.2, 0) is 6.18 Å². The van der Waals surface area contributed by atoms with Gasteiger partial charge >= 0.3 is 6.18 Å². The highest BCUT2D eigenvalue weighted by Crippen LogP contribution is 2.29. The van der Waals surface area contributed by atoms with Crippen molar-refractivity contribution < 1.29 is 13.2 Å². The zero-order valence-corrected chi connectivity index (χ0v) is 5.94. The lowest BCUT2D eigenvalue weighted by atomic mass is 10.1. The molecule has 0 saturated carbocycles. The number of rotatable bonds is 0. The quantitative estimate of drug-likeness (QED) is 0.566. The van der Waals surface area contributed by atoms with Crippen molar-refractivity contribution in [3.8, 4) is 0 Å². The maximum atomic E-state index is 12.0. The summed E-state index contributed by atoms with van der Waals surface area (Å²) in [6.45, 7) is 1.63. The minimum Gasteiger partial charge on any atom is -0.166 e. The Morgan fingerprint density at radius 1 is 1.17 bits per heavy atom. The summed E-state index contributed by atoms with van der Waals surface area (Å²) >= 11 is 0. The van der Waals surface area contributed by atoms with Crippen LogP contribution in [0, 0.1) is 6.92 Å². The molecule has 0 aliphatic heterocycles. The zero-order chi connectivity index (χ0) is 8.48. The molecule has 0 saturated heterocycles. The van der Waals surface area contributed by atoms with Gasteiger partial charge in [-0.15, -0.1) is 0 Å². The van der Waals surface area contributed by atoms with Gasteiger partial charge in [-0.25, -0.2) is 0 Å². The fraction of sp³-hybridized carbons (Fsp3) is 0.333. The van der Waals surface area contributed by atoms with Gasteiger partial charge in [-0.1, -0.05) is 31.2 Å². The summed E-state index contributed by atoms with van der Waals surface area (Å²) in [5, 5.41) is 0. The monoisotopic (exact) mass is 176 g/mol. The second-order valence-corrected chi connectivity index (χ2v) is 2.37. The van der Waals surface area contributed by atoms with E-state index in [1.54, 1.807) is 13.0 Å². The third kappa shape index (κ3) is 2.57. The van der Waals surface area contributed by atoms with Gasteiger partial charge in [0.15, 0.2) is 0 Å². The lowest BCUT2D eigenvalue weighted by molar-refractivity contribution is -0.137. The third-order valence-corrected chi connectivity index (χ3v) is 1.35. The van der Waals surface area contributed by atoms with E-state index in [2.05, 4.69) is 0 Å². The molecule has 68 valence electrons. The fourth-order valence-electron chi connectivity index (χ4n) is 0.821. The van der Waals surface area contributed by atoms with Gasteiger partial charge in [0.2, 0.25) is 0 Å². The molecule has 0 spiro atoms. The first kappa shape index (κ1) is 11.0. The number of hydrogen-bond acceptors (Lipinski definition) is 0. The normalized spacial score (nSPS) is 10.7. The van der Waals surface area contributed by atoms with Gasteiger partial charge in [-0.2, -0.15) is 13.2 Å². The van der Waals surface area contributed by atoms with Gasteiger partial charge in [0.25, 0.3) is 0 Å². The van der Waals surface area contributed by atoms with Crippen molar-refractivity contribution in [2.45, 2.75) is 20.5 Å². The third-order valence-electron chi connectivity index (χ3n) is 1.35. The Kier molecular flexibility index (Phi) is 3.31. The van der Waals surface area contributed by atoms with E-state index in [1.165, 1.54) is 6.07 Å². The van der Waals surface area contributed by atoms with Crippen LogP contribution in [0.5, 0.6) is 0 Å². The van der Waals surface area contributed by atoms with E-state index in [0.29, 0.717) is 5.56 Å². The van der Waals surface area contributed by atoms with Crippen LogP contribution in [0.1, 0.15) is 18.6 Å². The fourth-order valence-corrected chi connectivity index (χ4v) is 0.821. The Bertz CT molecular complexity index is 250. The summed E-state index contributed by atoms with van der Waals surface area (Å²) in [5.74, 6) is 0. The molecule has 0 aromatic heterocycles. The molecule has 0 amide bonds. The van der Waals surface area contributed by atoms with Crippen molar-refractivity contribution in [1.82, 2.24) is 0 Å². The summed E-state index contributed by atoms with van der Waals surface area (Å²) in [7, 11) is 0. The van der Waals surface area contributed by atoms with Gasteiger partial charge in [-0.3, -0.25) is 0 Å². The summed E-state index contributed by atoms with van der Waals surface area (Å²) in [5.41, 5.74) is 0.0392. The highest BCUT2D eigenvalue weighted by atomic mass is 19.4. The largest absolute Gasteiger partial charge is 0.416 e. The summed E-state index contributed by atoms with van der Waals surface area (Å²) in [6.07, 6.45) is -4.22. The molecule has 0 bridgehead atoms. The highest BCUT2D eigenvalue weighted by molar-refractivity contribution is 5.24. The van der Waals surface area contributed by atoms with Crippen molar-refractivity contribution in [3.63, 3.8) is 0 Å². The molecule has 1 aromatic rings. The van der Waals surface area contributed by atoms with E-state index in [1.807, 2.05) is 0 Å². The van der Waals surface area contributed by atoms with Gasteiger partial charge in [0.1, 0.15) is 0 Å².